The lowest BCUT2D eigenvalue weighted by Crippen LogP contribution is -2.30. The first-order valence-corrected chi connectivity index (χ1v) is 41.7. The number of aliphatic hydroxyl groups excluding tert-OH is 1. The van der Waals surface area contributed by atoms with Gasteiger partial charge in [0.25, 0.3) is 0 Å². The number of hydrogen-bond donors (Lipinski definition) is 3. The van der Waals surface area contributed by atoms with Gasteiger partial charge < -0.3 is 33.8 Å². The van der Waals surface area contributed by atoms with Crippen molar-refractivity contribution in [2.24, 2.45) is 23.7 Å². The summed E-state index contributed by atoms with van der Waals surface area (Å²) in [6.07, 6.45) is 49.0. The van der Waals surface area contributed by atoms with E-state index in [-0.39, 0.29) is 25.7 Å². The number of rotatable bonds is 72. The molecular weight excluding hydrogens is 1230 g/mol. The molecule has 6 atom stereocenters. The molecule has 3 unspecified atom stereocenters. The lowest BCUT2D eigenvalue weighted by Gasteiger charge is -2.21. The molecule has 94 heavy (non-hydrogen) atoms. The Morgan fingerprint density at radius 2 is 0.511 bits per heavy atom. The maximum Gasteiger partial charge on any atom is 0.472 e. The second-order valence-corrected chi connectivity index (χ2v) is 31.6. The minimum absolute atomic E-state index is 0.103. The highest BCUT2D eigenvalue weighted by molar-refractivity contribution is 7.47. The number of ether oxygens (including phenoxy) is 4. The third-order valence-electron chi connectivity index (χ3n) is 17.7. The van der Waals surface area contributed by atoms with Gasteiger partial charge in [-0.05, 0) is 49.4 Å². The summed E-state index contributed by atoms with van der Waals surface area (Å²) >= 11 is 0. The Morgan fingerprint density at radius 1 is 0.298 bits per heavy atom. The summed E-state index contributed by atoms with van der Waals surface area (Å²) in [4.78, 5) is 72.6. The smallest absolute Gasteiger partial charge is 0.462 e. The molecule has 558 valence electrons. The largest absolute Gasteiger partial charge is 0.472 e. The van der Waals surface area contributed by atoms with Gasteiger partial charge in [0, 0.05) is 25.7 Å². The van der Waals surface area contributed by atoms with Gasteiger partial charge >= 0.3 is 39.5 Å². The van der Waals surface area contributed by atoms with Crippen LogP contribution in [-0.2, 0) is 65.4 Å². The number of phosphoric acid groups is 2. The fraction of sp³-hybridized carbons (Fsp3) is 0.947. The molecule has 0 rings (SSSR count). The molecule has 0 amide bonds. The van der Waals surface area contributed by atoms with E-state index in [1.807, 2.05) is 0 Å². The van der Waals surface area contributed by atoms with Crippen molar-refractivity contribution in [2.75, 3.05) is 39.6 Å². The molecule has 0 radical (unpaired) electrons. The van der Waals surface area contributed by atoms with E-state index in [0.29, 0.717) is 37.5 Å². The summed E-state index contributed by atoms with van der Waals surface area (Å²) in [7, 11) is -9.91. The zero-order valence-corrected chi connectivity index (χ0v) is 63.4. The molecule has 0 aliphatic carbocycles. The Labute approximate surface area is 575 Å². The maximum absolute atomic E-state index is 13.0. The fourth-order valence-corrected chi connectivity index (χ4v) is 12.9. The second-order valence-electron chi connectivity index (χ2n) is 28.7. The molecule has 0 aromatic carbocycles. The van der Waals surface area contributed by atoms with Crippen molar-refractivity contribution >= 4 is 39.5 Å². The van der Waals surface area contributed by atoms with E-state index >= 15 is 0 Å². The Morgan fingerprint density at radius 3 is 0.755 bits per heavy atom. The third-order valence-corrected chi connectivity index (χ3v) is 19.6. The van der Waals surface area contributed by atoms with Gasteiger partial charge in [-0.1, -0.05) is 325 Å². The predicted molar refractivity (Wildman–Crippen MR) is 381 cm³/mol. The highest BCUT2D eigenvalue weighted by Gasteiger charge is 2.30. The quantitative estimate of drug-likeness (QED) is 0.0222. The molecule has 0 heterocycles. The first-order chi connectivity index (χ1) is 45.1. The van der Waals surface area contributed by atoms with Gasteiger partial charge in [-0.3, -0.25) is 37.3 Å². The normalized spacial score (nSPS) is 14.4. The van der Waals surface area contributed by atoms with Crippen molar-refractivity contribution in [2.45, 2.75) is 395 Å². The number of phosphoric ester groups is 2. The van der Waals surface area contributed by atoms with Crippen molar-refractivity contribution < 1.29 is 80.2 Å². The van der Waals surface area contributed by atoms with E-state index in [1.165, 1.54) is 173 Å². The summed E-state index contributed by atoms with van der Waals surface area (Å²) in [6.45, 7) is 14.1. The molecule has 0 spiro atoms. The van der Waals surface area contributed by atoms with Gasteiger partial charge in [-0.25, -0.2) is 9.13 Å². The first-order valence-electron chi connectivity index (χ1n) is 38.7. The van der Waals surface area contributed by atoms with Crippen LogP contribution in [0.5, 0.6) is 0 Å². The van der Waals surface area contributed by atoms with E-state index in [0.717, 1.165) is 108 Å². The topological polar surface area (TPSA) is 237 Å². The second kappa shape index (κ2) is 64.4. The number of esters is 4. The average molecular weight is 1380 g/mol. The molecule has 0 fully saturated rings. The predicted octanol–water partition coefficient (Wildman–Crippen LogP) is 21.7. The van der Waals surface area contributed by atoms with Gasteiger partial charge in [0.05, 0.1) is 26.4 Å². The summed E-state index contributed by atoms with van der Waals surface area (Å²) in [5, 5.41) is 10.6. The van der Waals surface area contributed by atoms with E-state index < -0.39 is 97.5 Å². The molecular formula is C75H146O17P2. The maximum atomic E-state index is 13.0. The third kappa shape index (κ3) is 67.3. The van der Waals surface area contributed by atoms with E-state index in [1.54, 1.807) is 0 Å². The highest BCUT2D eigenvalue weighted by Crippen LogP contribution is 2.45. The van der Waals surface area contributed by atoms with Gasteiger partial charge in [0.1, 0.15) is 19.3 Å². The van der Waals surface area contributed by atoms with E-state index in [4.69, 9.17) is 37.0 Å². The van der Waals surface area contributed by atoms with E-state index in [9.17, 15) is 43.2 Å². The zero-order valence-electron chi connectivity index (χ0n) is 61.6. The molecule has 19 heteroatoms. The van der Waals surface area contributed by atoms with Crippen LogP contribution in [0.2, 0.25) is 0 Å². The lowest BCUT2D eigenvalue weighted by atomic mass is 9.99. The zero-order chi connectivity index (χ0) is 69.6. The van der Waals surface area contributed by atoms with Crippen molar-refractivity contribution in [3.63, 3.8) is 0 Å². The first kappa shape index (κ1) is 92.1. The molecule has 17 nitrogen and oxygen atoms in total. The summed E-state index contributed by atoms with van der Waals surface area (Å²) in [6, 6.07) is 0. The SMILES string of the molecule is CCC(C)CCCCCCCCCCCCCCCCCCCCC(=O)O[C@H](COC(=O)CCCCCCCCC(C)C)COP(=O)(O)OC[C@H](O)COP(=O)(O)OC[C@@H](COC(=O)CCCCCCCCCCCCC(C)C)OC(=O)CCCCCCCCCC(C)C. The molecule has 3 N–H and O–H groups in total. The molecule has 0 saturated carbocycles. The number of carbonyl (C=O) groups is 4. The van der Waals surface area contributed by atoms with Crippen LogP contribution in [0.3, 0.4) is 0 Å². The van der Waals surface area contributed by atoms with Crippen molar-refractivity contribution in [3.05, 3.63) is 0 Å². The van der Waals surface area contributed by atoms with Crippen LogP contribution in [0.4, 0.5) is 0 Å². The van der Waals surface area contributed by atoms with Crippen LogP contribution in [0, 0.1) is 23.7 Å². The molecule has 0 aliphatic rings. The van der Waals surface area contributed by atoms with Crippen LogP contribution in [0.15, 0.2) is 0 Å². The molecule has 0 aromatic heterocycles. The van der Waals surface area contributed by atoms with Crippen LogP contribution >= 0.6 is 15.6 Å². The molecule has 0 aromatic rings. The van der Waals surface area contributed by atoms with E-state index in [2.05, 4.69) is 55.4 Å². The molecule has 0 aliphatic heterocycles. The average Bonchev–Trinajstić information content (AvgIpc) is 2.58. The van der Waals surface area contributed by atoms with Gasteiger partial charge in [-0.15, -0.1) is 0 Å². The molecule has 0 saturated heterocycles. The lowest BCUT2D eigenvalue weighted by molar-refractivity contribution is -0.161. The number of hydrogen-bond acceptors (Lipinski definition) is 15. The Hall–Kier alpha value is -1.94. The van der Waals surface area contributed by atoms with Gasteiger partial charge in [0.15, 0.2) is 12.2 Å². The number of unbranched alkanes of at least 4 members (excludes halogenated alkanes) is 37. The van der Waals surface area contributed by atoms with Crippen LogP contribution < -0.4 is 0 Å². The monoisotopic (exact) mass is 1380 g/mol. The minimum atomic E-state index is -4.95. The molecule has 0 bridgehead atoms. The van der Waals surface area contributed by atoms with Crippen LogP contribution in [-0.4, -0.2) is 96.7 Å². The van der Waals surface area contributed by atoms with Crippen LogP contribution in [0.25, 0.3) is 0 Å². The summed E-state index contributed by atoms with van der Waals surface area (Å²) < 4.78 is 68.4. The van der Waals surface area contributed by atoms with Crippen molar-refractivity contribution in [1.29, 1.82) is 0 Å². The number of aliphatic hydroxyl groups is 1. The van der Waals surface area contributed by atoms with Crippen molar-refractivity contribution in [3.8, 4) is 0 Å². The van der Waals surface area contributed by atoms with Gasteiger partial charge in [-0.2, -0.15) is 0 Å². The van der Waals surface area contributed by atoms with Crippen molar-refractivity contribution in [1.82, 2.24) is 0 Å². The summed E-state index contributed by atoms with van der Waals surface area (Å²) in [5.74, 6) is 0.877. The van der Waals surface area contributed by atoms with Crippen LogP contribution in [0.1, 0.15) is 376 Å². The standard InChI is InChI=1S/C75H146O17P2/c1-9-68(8)54-46-38-29-23-18-16-14-12-10-11-13-15-17-19-25-31-41-49-57-74(79)91-71(62-86-73(78)56-48-40-34-33-37-45-53-67(6)7)64-90-94(83,84)88-60-69(76)59-87-93(81,82)89-63-70(92-75(80)58-50-42-32-26-28-36-44-52-66(4)5)61-85-72(77)55-47-39-30-24-21-20-22-27-35-43-51-65(2)3/h65-71,76H,9-64H2,1-8H3,(H,81,82)(H,83,84)/t68?,69-,70-,71-/m1/s1. The highest BCUT2D eigenvalue weighted by atomic mass is 31.2. The fourth-order valence-electron chi connectivity index (χ4n) is 11.3. The summed E-state index contributed by atoms with van der Waals surface area (Å²) in [5.41, 5.74) is 0. The Balaban J connectivity index is 5.13. The Kier molecular flexibility index (Phi) is 63.1. The Bertz CT molecular complexity index is 1850. The van der Waals surface area contributed by atoms with Gasteiger partial charge in [0.2, 0.25) is 0 Å². The minimum Gasteiger partial charge on any atom is -0.462 e. The number of carbonyl (C=O) groups excluding carboxylic acids is 4.